The fourth-order valence-corrected chi connectivity index (χ4v) is 0.901. The third kappa shape index (κ3) is 1.77. The summed E-state index contributed by atoms with van der Waals surface area (Å²) in [6, 6.07) is 0. The molecule has 0 spiro atoms. The van der Waals surface area contributed by atoms with Crippen molar-refractivity contribution in [3.05, 3.63) is 11.3 Å². The van der Waals surface area contributed by atoms with Crippen molar-refractivity contribution >= 4 is 17.5 Å². The van der Waals surface area contributed by atoms with Crippen molar-refractivity contribution < 1.29 is 9.90 Å². The summed E-state index contributed by atoms with van der Waals surface area (Å²) in [6.07, 6.45) is 1.33. The molecule has 4 nitrogen and oxygen atoms in total. The molecular weight excluding hydrogens is 140 g/mol. The Balaban J connectivity index is 2.58. The Hall–Kier alpha value is -0.970. The van der Waals surface area contributed by atoms with Gasteiger partial charge in [0.05, 0.1) is 6.42 Å². The Morgan fingerprint density at radius 3 is 3.11 bits per heavy atom. The van der Waals surface area contributed by atoms with Crippen molar-refractivity contribution in [2.24, 2.45) is 0 Å². The van der Waals surface area contributed by atoms with Crippen molar-refractivity contribution in [3.8, 4) is 0 Å². The Morgan fingerprint density at radius 1 is 1.89 bits per heavy atom. The van der Waals surface area contributed by atoms with Gasteiger partial charge in [0.15, 0.2) is 0 Å². The number of hydrogen-bond donors (Lipinski definition) is 1. The molecule has 1 N–H and O–H groups in total. The summed E-state index contributed by atoms with van der Waals surface area (Å²) in [5.41, 5.74) is 0. The third-order valence-electron chi connectivity index (χ3n) is 0.709. The highest BCUT2D eigenvalue weighted by Crippen LogP contribution is 1.99. The summed E-state index contributed by atoms with van der Waals surface area (Å²) in [5.74, 6) is -0.869. The van der Waals surface area contributed by atoms with E-state index in [9.17, 15) is 4.79 Å². The standard InChI is InChI=1S/C4H4N2O2S/c7-4(8)1-3-5-2-6-9-3/h2H,1H2,(H,7,8). The topological polar surface area (TPSA) is 63.1 Å². The van der Waals surface area contributed by atoms with E-state index in [1.807, 2.05) is 0 Å². The fourth-order valence-electron chi connectivity index (χ4n) is 0.403. The van der Waals surface area contributed by atoms with Gasteiger partial charge in [0.25, 0.3) is 0 Å². The molecule has 0 amide bonds. The smallest absolute Gasteiger partial charge is 0.310 e. The first-order chi connectivity index (χ1) is 4.29. The second-order valence-corrected chi connectivity index (χ2v) is 2.27. The molecule has 0 radical (unpaired) electrons. The van der Waals surface area contributed by atoms with E-state index in [1.165, 1.54) is 6.33 Å². The molecule has 1 heterocycles. The molecule has 0 aliphatic heterocycles. The first-order valence-corrected chi connectivity index (χ1v) is 3.03. The summed E-state index contributed by atoms with van der Waals surface area (Å²) < 4.78 is 3.64. The second-order valence-electron chi connectivity index (χ2n) is 1.41. The van der Waals surface area contributed by atoms with Crippen LogP contribution in [0.2, 0.25) is 0 Å². The largest absolute Gasteiger partial charge is 0.481 e. The van der Waals surface area contributed by atoms with Crippen molar-refractivity contribution in [1.82, 2.24) is 9.36 Å². The second kappa shape index (κ2) is 2.54. The van der Waals surface area contributed by atoms with Gasteiger partial charge in [-0.15, -0.1) is 0 Å². The normalized spacial score (nSPS) is 9.33. The molecule has 0 saturated heterocycles. The van der Waals surface area contributed by atoms with Gasteiger partial charge in [-0.05, 0) is 11.5 Å². The van der Waals surface area contributed by atoms with Crippen LogP contribution in [0.15, 0.2) is 6.33 Å². The average molecular weight is 144 g/mol. The monoisotopic (exact) mass is 144 g/mol. The van der Waals surface area contributed by atoms with Crippen molar-refractivity contribution in [2.75, 3.05) is 0 Å². The lowest BCUT2D eigenvalue weighted by atomic mass is 10.5. The number of hydrogen-bond acceptors (Lipinski definition) is 4. The van der Waals surface area contributed by atoms with Crippen LogP contribution in [0.3, 0.4) is 0 Å². The van der Waals surface area contributed by atoms with Crippen LogP contribution in [0.1, 0.15) is 5.01 Å². The molecule has 0 aliphatic carbocycles. The van der Waals surface area contributed by atoms with Crippen molar-refractivity contribution in [2.45, 2.75) is 6.42 Å². The summed E-state index contributed by atoms with van der Waals surface area (Å²) >= 11 is 1.11. The third-order valence-corrected chi connectivity index (χ3v) is 1.37. The highest BCUT2D eigenvalue weighted by molar-refractivity contribution is 7.05. The first-order valence-electron chi connectivity index (χ1n) is 2.26. The Kier molecular flexibility index (Phi) is 1.74. The molecule has 0 saturated carbocycles. The first kappa shape index (κ1) is 6.15. The van der Waals surface area contributed by atoms with Crippen LogP contribution >= 0.6 is 11.5 Å². The Labute approximate surface area is 55.3 Å². The Morgan fingerprint density at radius 2 is 2.67 bits per heavy atom. The summed E-state index contributed by atoms with van der Waals surface area (Å²) in [6.45, 7) is 0. The number of aromatic nitrogens is 2. The van der Waals surface area contributed by atoms with Crippen molar-refractivity contribution in [1.29, 1.82) is 0 Å². The van der Waals surface area contributed by atoms with Crippen molar-refractivity contribution in [3.63, 3.8) is 0 Å². The quantitative estimate of drug-likeness (QED) is 0.642. The molecule has 0 fully saturated rings. The van der Waals surface area contributed by atoms with E-state index >= 15 is 0 Å². The van der Waals surface area contributed by atoms with Gasteiger partial charge in [0.2, 0.25) is 0 Å². The lowest BCUT2D eigenvalue weighted by Crippen LogP contribution is -1.98. The zero-order chi connectivity index (χ0) is 6.69. The maximum atomic E-state index is 10.0. The predicted molar refractivity (Wildman–Crippen MR) is 31.2 cm³/mol. The summed E-state index contributed by atoms with van der Waals surface area (Å²) in [4.78, 5) is 13.7. The molecule has 5 heteroatoms. The van der Waals surface area contributed by atoms with Crippen LogP contribution in [0.4, 0.5) is 0 Å². The molecule has 0 aliphatic rings. The van der Waals surface area contributed by atoms with Gasteiger partial charge in [0, 0.05) is 0 Å². The summed E-state index contributed by atoms with van der Waals surface area (Å²) in [7, 11) is 0. The fraction of sp³-hybridized carbons (Fsp3) is 0.250. The number of carboxylic acid groups (broad SMARTS) is 1. The minimum Gasteiger partial charge on any atom is -0.481 e. The van der Waals surface area contributed by atoms with Crippen LogP contribution in [0.25, 0.3) is 0 Å². The SMILES string of the molecule is O=C(O)Cc1ncns1. The number of aliphatic carboxylic acids is 1. The molecule has 1 aromatic rings. The zero-order valence-electron chi connectivity index (χ0n) is 4.44. The molecule has 9 heavy (non-hydrogen) atoms. The molecule has 48 valence electrons. The lowest BCUT2D eigenvalue weighted by molar-refractivity contribution is -0.136. The number of carboxylic acids is 1. The molecule has 0 bridgehead atoms. The van der Waals surface area contributed by atoms with E-state index < -0.39 is 5.97 Å². The highest BCUT2D eigenvalue weighted by atomic mass is 32.1. The van der Waals surface area contributed by atoms with Gasteiger partial charge < -0.3 is 5.11 Å². The average Bonchev–Trinajstić information content (AvgIpc) is 2.15. The lowest BCUT2D eigenvalue weighted by Gasteiger charge is -1.82. The minimum absolute atomic E-state index is 0.0231. The highest BCUT2D eigenvalue weighted by Gasteiger charge is 2.01. The predicted octanol–water partition coefficient (Wildman–Crippen LogP) is 0.165. The zero-order valence-corrected chi connectivity index (χ0v) is 5.26. The van der Waals surface area contributed by atoms with Gasteiger partial charge in [0.1, 0.15) is 11.3 Å². The van der Waals surface area contributed by atoms with Gasteiger partial charge in [-0.25, -0.2) is 4.98 Å². The Bertz CT molecular complexity index is 196. The summed E-state index contributed by atoms with van der Waals surface area (Å²) in [5, 5.41) is 8.77. The molecule has 0 atom stereocenters. The van der Waals surface area contributed by atoms with Gasteiger partial charge in [-0.1, -0.05) is 0 Å². The van der Waals surface area contributed by atoms with Gasteiger partial charge in [-0.3, -0.25) is 4.79 Å². The number of nitrogens with zero attached hydrogens (tertiary/aromatic N) is 2. The van der Waals surface area contributed by atoms with Crippen LogP contribution in [-0.2, 0) is 11.2 Å². The van der Waals surface area contributed by atoms with E-state index in [0.717, 1.165) is 11.5 Å². The molecule has 1 aromatic heterocycles. The van der Waals surface area contributed by atoms with Gasteiger partial charge in [-0.2, -0.15) is 4.37 Å². The maximum absolute atomic E-state index is 10.0. The van der Waals surface area contributed by atoms with E-state index in [2.05, 4.69) is 9.36 Å². The van der Waals surface area contributed by atoms with E-state index in [-0.39, 0.29) is 6.42 Å². The van der Waals surface area contributed by atoms with Crippen LogP contribution < -0.4 is 0 Å². The van der Waals surface area contributed by atoms with E-state index in [1.54, 1.807) is 0 Å². The number of carbonyl (C=O) groups is 1. The molecular formula is C4H4N2O2S. The van der Waals surface area contributed by atoms with Crippen LogP contribution in [0.5, 0.6) is 0 Å². The maximum Gasteiger partial charge on any atom is 0.310 e. The molecule has 0 aromatic carbocycles. The minimum atomic E-state index is -0.869. The van der Waals surface area contributed by atoms with E-state index in [0.29, 0.717) is 5.01 Å². The molecule has 0 unspecified atom stereocenters. The van der Waals surface area contributed by atoms with Gasteiger partial charge >= 0.3 is 5.97 Å². The van der Waals surface area contributed by atoms with Crippen LogP contribution in [-0.4, -0.2) is 20.4 Å². The van der Waals surface area contributed by atoms with Crippen LogP contribution in [0, 0.1) is 0 Å². The number of rotatable bonds is 2. The van der Waals surface area contributed by atoms with E-state index in [4.69, 9.17) is 5.11 Å². The molecule has 1 rings (SSSR count).